The molecule has 14 nitrogen and oxygen atoms in total. The number of likely N-dealkylation sites (tertiary alicyclic amines) is 2. The number of hydrogen-bond donors (Lipinski definition) is 3. The van der Waals surface area contributed by atoms with E-state index >= 15 is 0 Å². The van der Waals surface area contributed by atoms with Gasteiger partial charge in [-0.3, -0.25) is 9.59 Å². The van der Waals surface area contributed by atoms with Gasteiger partial charge < -0.3 is 34.7 Å². The summed E-state index contributed by atoms with van der Waals surface area (Å²) in [5, 5.41) is 4.89. The molecule has 0 aliphatic carbocycles. The first-order valence-electron chi connectivity index (χ1n) is 19.3. The summed E-state index contributed by atoms with van der Waals surface area (Å²) in [4.78, 5) is 73.3. The number of aliphatic imine (C=N–C) groups is 1. The maximum absolute atomic E-state index is 13.6. The Balaban J connectivity index is 0.00000240. The zero-order chi connectivity index (χ0) is 39.5. The van der Waals surface area contributed by atoms with Gasteiger partial charge in [-0.1, -0.05) is 58.0 Å². The number of hydrogen-bond acceptors (Lipinski definition) is 9. The Labute approximate surface area is 378 Å². The van der Waals surface area contributed by atoms with E-state index in [9.17, 15) is 14.4 Å². The number of nitrogens with one attached hydrogen (secondary N) is 3. The Bertz CT molecular complexity index is 2270. The van der Waals surface area contributed by atoms with E-state index in [-0.39, 0.29) is 89.7 Å². The average molecular weight is 899 g/mol. The van der Waals surface area contributed by atoms with Gasteiger partial charge in [-0.15, -0.1) is 0 Å². The zero-order valence-electron chi connectivity index (χ0n) is 34.7. The number of rotatable bonds is 12. The molecule has 0 spiro atoms. The van der Waals surface area contributed by atoms with Gasteiger partial charge in [-0.2, -0.15) is 58.9 Å². The Morgan fingerprint density at radius 1 is 0.783 bits per heavy atom. The van der Waals surface area contributed by atoms with E-state index < -0.39 is 18.2 Å². The lowest BCUT2D eigenvalue weighted by molar-refractivity contribution is -0.188. The normalized spacial score (nSPS) is 17.2. The number of aromatic amines is 2. The van der Waals surface area contributed by atoms with Gasteiger partial charge in [-0.05, 0) is 83.7 Å². The minimum Gasteiger partial charge on any atom is -0.453 e. The average Bonchev–Trinajstić information content (AvgIpc) is 4.03. The first kappa shape index (κ1) is 50.0. The van der Waals surface area contributed by atoms with E-state index in [4.69, 9.17) is 19.6 Å². The molecule has 2 fully saturated rings. The summed E-state index contributed by atoms with van der Waals surface area (Å²) < 4.78 is 4.77. The lowest BCUT2D eigenvalue weighted by atomic mass is 9.99. The van der Waals surface area contributed by atoms with Crippen molar-refractivity contribution in [3.8, 4) is 22.4 Å². The van der Waals surface area contributed by atoms with Gasteiger partial charge in [0.1, 0.15) is 23.7 Å². The number of nitrogens with zero attached hydrogens (tertiary/aromatic N) is 5. The van der Waals surface area contributed by atoms with Crippen molar-refractivity contribution in [1.29, 1.82) is 0 Å². The quantitative estimate of drug-likeness (QED) is 0.0500. The highest BCUT2D eigenvalue weighted by atomic mass is 32.1. The minimum atomic E-state index is -0.687. The van der Waals surface area contributed by atoms with Crippen LogP contribution in [0.5, 0.6) is 0 Å². The van der Waals surface area contributed by atoms with Crippen LogP contribution in [0.2, 0.25) is 0 Å². The predicted molar refractivity (Wildman–Crippen MR) is 255 cm³/mol. The third kappa shape index (κ3) is 10.6. The first-order valence-corrected chi connectivity index (χ1v) is 19.3. The Kier molecular flexibility index (Phi) is 18.3. The van der Waals surface area contributed by atoms with E-state index in [0.717, 1.165) is 81.5 Å². The molecule has 3 aromatic carbocycles. The van der Waals surface area contributed by atoms with Gasteiger partial charge in [0.05, 0.1) is 49.2 Å². The second kappa shape index (κ2) is 21.9. The van der Waals surface area contributed by atoms with Crippen LogP contribution in [-0.4, -0.2) is 93.4 Å². The Morgan fingerprint density at radius 3 is 2.02 bits per heavy atom. The largest absolute Gasteiger partial charge is 0.453 e. The molecule has 0 unspecified atom stereocenters. The summed E-state index contributed by atoms with van der Waals surface area (Å²) in [5.74, 6) is 1.20. The molecule has 3 N–H and O–H groups in total. The number of carbonyl (C=O) groups excluding carboxylic acids is 3. The predicted octanol–water partition coefficient (Wildman–Crippen LogP) is 7.56. The smallest absolute Gasteiger partial charge is 0.407 e. The van der Waals surface area contributed by atoms with E-state index in [1.807, 2.05) is 49.8 Å². The monoisotopic (exact) mass is 898 g/mol. The molecule has 2 aromatic heterocycles. The molecule has 0 radical (unpaired) electrons. The minimum absolute atomic E-state index is 0. The van der Waals surface area contributed by atoms with Crippen LogP contribution in [0.25, 0.3) is 44.2 Å². The summed E-state index contributed by atoms with van der Waals surface area (Å²) >= 11 is 0. The van der Waals surface area contributed by atoms with Gasteiger partial charge in [0.25, 0.3) is 0 Å². The lowest BCUT2D eigenvalue weighted by Gasteiger charge is -2.30. The van der Waals surface area contributed by atoms with Crippen molar-refractivity contribution >= 4 is 100 Å². The molecule has 3 amide bonds. The van der Waals surface area contributed by atoms with Gasteiger partial charge >= 0.3 is 6.09 Å². The topological polar surface area (TPSA) is 167 Å². The highest BCUT2D eigenvalue weighted by Crippen LogP contribution is 2.36. The molecule has 4 heterocycles. The van der Waals surface area contributed by atoms with E-state index in [2.05, 4.69) is 73.7 Å². The van der Waals surface area contributed by atoms with Crippen molar-refractivity contribution in [3.05, 3.63) is 72.4 Å². The number of alkyl carbamates (subject to hydrolysis) is 1. The number of fused-ring (bicyclic) bond motifs is 2. The molecular weight excluding hydrogens is 841 g/mol. The second-order valence-electron chi connectivity index (χ2n) is 15.3. The highest BCUT2D eigenvalue weighted by molar-refractivity contribution is 7.59. The van der Waals surface area contributed by atoms with Gasteiger partial charge in [0.2, 0.25) is 18.2 Å². The molecule has 0 saturated carbocycles. The number of imidazole rings is 2. The van der Waals surface area contributed by atoms with Crippen molar-refractivity contribution in [2.45, 2.75) is 77.5 Å². The van der Waals surface area contributed by atoms with Crippen LogP contribution in [0.15, 0.2) is 65.8 Å². The Hall–Kier alpha value is -4.36. The van der Waals surface area contributed by atoms with Crippen molar-refractivity contribution < 1.29 is 28.9 Å². The number of methoxy groups -OCH3 is 1. The molecule has 7 rings (SSSR count). The molecule has 2 saturated heterocycles. The second-order valence-corrected chi connectivity index (χ2v) is 15.3. The number of carbonyl (C=O) groups is 3. The van der Waals surface area contributed by atoms with Crippen LogP contribution in [0, 0.1) is 11.8 Å². The van der Waals surface area contributed by atoms with E-state index in [0.29, 0.717) is 13.1 Å². The number of benzene rings is 3. The number of aromatic nitrogens is 4. The van der Waals surface area contributed by atoms with Crippen molar-refractivity contribution in [1.82, 2.24) is 35.1 Å². The maximum atomic E-state index is 13.6. The molecule has 326 valence electrons. The first-order chi connectivity index (χ1) is 27.1. The molecule has 2 aliphatic rings. The van der Waals surface area contributed by atoms with Crippen LogP contribution in [-0.2, 0) is 24.1 Å². The fraction of sp³-hybridized carbons (Fsp3) is 0.429. The fourth-order valence-electron chi connectivity index (χ4n) is 7.94. The molecule has 60 heavy (non-hydrogen) atoms. The standard InChI is InChI=1S/C42H50N8O6.4H2S/c1-24(2)36(44-23-56-55-6)40(51)50-18-8-10-35(50)39-45-31-16-15-29(21-32(31)46-39)27-11-12-28-20-30(14-13-26(28)19-27)33-22-43-38(47-33)34-9-7-17-49(34)41(52)37(25(3)4)48-42(53)54-5;;;;/h11-16,19-25,34-37H,7-10,17-18H2,1-6H3,(H,43,47)(H,45,46)(H,48,53);4*1H2/t34-,35-,36-,37-;;;;/m0..../s1. The van der Waals surface area contributed by atoms with Gasteiger partial charge in [0, 0.05) is 18.7 Å². The zero-order valence-corrected chi connectivity index (χ0v) is 38.7. The van der Waals surface area contributed by atoms with E-state index in [1.54, 1.807) is 0 Å². The number of H-pyrrole nitrogens is 2. The molecule has 18 heteroatoms. The van der Waals surface area contributed by atoms with E-state index in [1.165, 1.54) is 20.6 Å². The van der Waals surface area contributed by atoms with Crippen LogP contribution in [0.1, 0.15) is 77.1 Å². The molecule has 5 aromatic rings. The SMILES string of the molecule is COOC=N[C@H](C(=O)N1CCC[C@H]1c1nc2ccc(-c3ccc4cc(-c5cnc([C@@H]6CCCN6C(=O)[C@@H](NC(=O)OC)C(C)C)[nH]5)ccc4c3)cc2[nH]1)C(C)C.S.S.S.S. The van der Waals surface area contributed by atoms with Crippen LogP contribution in [0.4, 0.5) is 4.79 Å². The molecule has 4 atom stereocenters. The van der Waals surface area contributed by atoms with Crippen molar-refractivity contribution in [2.75, 3.05) is 27.3 Å². The van der Waals surface area contributed by atoms with Gasteiger partial charge in [0.15, 0.2) is 0 Å². The van der Waals surface area contributed by atoms with Gasteiger partial charge in [-0.25, -0.2) is 19.8 Å². The van der Waals surface area contributed by atoms with Crippen LogP contribution < -0.4 is 5.32 Å². The molecular formula is C42H58N8O6S4. The summed E-state index contributed by atoms with van der Waals surface area (Å²) in [5.41, 5.74) is 5.76. The summed E-state index contributed by atoms with van der Waals surface area (Å²) in [6.45, 7) is 8.99. The van der Waals surface area contributed by atoms with Crippen LogP contribution in [0.3, 0.4) is 0 Å². The maximum Gasteiger partial charge on any atom is 0.407 e. The number of amides is 3. The Morgan fingerprint density at radius 2 is 1.38 bits per heavy atom. The lowest BCUT2D eigenvalue weighted by Crippen LogP contribution is -2.51. The molecule has 0 bridgehead atoms. The summed E-state index contributed by atoms with van der Waals surface area (Å²) in [6.07, 6.45) is 5.73. The molecule has 2 aliphatic heterocycles. The fourth-order valence-corrected chi connectivity index (χ4v) is 7.94. The summed E-state index contributed by atoms with van der Waals surface area (Å²) in [6, 6.07) is 17.3. The number of ether oxygens (including phenoxy) is 1. The van der Waals surface area contributed by atoms with Crippen molar-refractivity contribution in [3.63, 3.8) is 0 Å². The summed E-state index contributed by atoms with van der Waals surface area (Å²) in [7, 11) is 2.69. The third-order valence-electron chi connectivity index (χ3n) is 10.9. The van der Waals surface area contributed by atoms with Crippen LogP contribution >= 0.6 is 54.0 Å². The highest BCUT2D eigenvalue weighted by Gasteiger charge is 2.38. The van der Waals surface area contributed by atoms with Crippen molar-refractivity contribution in [2.24, 2.45) is 16.8 Å². The third-order valence-corrected chi connectivity index (χ3v) is 10.9.